The molecule has 0 radical (unpaired) electrons. The molecule has 2 heterocycles. The first-order valence-electron chi connectivity index (χ1n) is 5.22. The molecular weight excluding hydrogens is 174 g/mol. The Morgan fingerprint density at radius 1 is 1.57 bits per heavy atom. The maximum atomic E-state index is 4.15. The Hall–Kier alpha value is -1.09. The maximum absolute atomic E-state index is 4.15. The van der Waals surface area contributed by atoms with Crippen molar-refractivity contribution in [3.63, 3.8) is 0 Å². The summed E-state index contributed by atoms with van der Waals surface area (Å²) < 4.78 is 0. The topological polar surface area (TPSA) is 28.2 Å². The van der Waals surface area contributed by atoms with Gasteiger partial charge in [-0.05, 0) is 24.6 Å². The molecule has 1 aromatic heterocycles. The van der Waals surface area contributed by atoms with Crippen LogP contribution in [-0.4, -0.2) is 31.2 Å². The van der Waals surface area contributed by atoms with Crippen LogP contribution in [0.5, 0.6) is 0 Å². The molecule has 2 rings (SSSR count). The van der Waals surface area contributed by atoms with E-state index in [1.54, 1.807) is 0 Å². The predicted octanol–water partition coefficient (Wildman–Crippen LogP) is 1.13. The first kappa shape index (κ1) is 9.46. The van der Waals surface area contributed by atoms with Crippen molar-refractivity contribution in [1.29, 1.82) is 0 Å². The highest BCUT2D eigenvalue weighted by molar-refractivity contribution is 5.43. The minimum Gasteiger partial charge on any atom is -0.369 e. The van der Waals surface area contributed by atoms with Crippen molar-refractivity contribution in [1.82, 2.24) is 10.3 Å². The number of pyridine rings is 1. The fourth-order valence-corrected chi connectivity index (χ4v) is 1.87. The average Bonchev–Trinajstić information content (AvgIpc) is 2.44. The third kappa shape index (κ3) is 2.23. The van der Waals surface area contributed by atoms with Gasteiger partial charge in [0.2, 0.25) is 0 Å². The quantitative estimate of drug-likeness (QED) is 0.721. The molecule has 14 heavy (non-hydrogen) atoms. The smallest absolute Gasteiger partial charge is 0.0553 e. The summed E-state index contributed by atoms with van der Waals surface area (Å²) in [6.45, 7) is 6.67. The van der Waals surface area contributed by atoms with E-state index in [1.807, 2.05) is 18.5 Å². The Morgan fingerprint density at radius 2 is 2.50 bits per heavy atom. The van der Waals surface area contributed by atoms with E-state index < -0.39 is 0 Å². The molecule has 1 unspecified atom stereocenters. The highest BCUT2D eigenvalue weighted by Crippen LogP contribution is 2.14. The van der Waals surface area contributed by atoms with Crippen LogP contribution < -0.4 is 10.2 Å². The van der Waals surface area contributed by atoms with Crippen LogP contribution in [0.2, 0.25) is 0 Å². The van der Waals surface area contributed by atoms with E-state index >= 15 is 0 Å². The van der Waals surface area contributed by atoms with Crippen LogP contribution in [0.25, 0.3) is 0 Å². The minimum absolute atomic E-state index is 0.706. The Kier molecular flexibility index (Phi) is 2.99. The van der Waals surface area contributed by atoms with Gasteiger partial charge in [0.25, 0.3) is 0 Å². The summed E-state index contributed by atoms with van der Waals surface area (Å²) in [6.07, 6.45) is 3.76. The highest BCUT2D eigenvalue weighted by Gasteiger charge is 2.14. The van der Waals surface area contributed by atoms with E-state index in [9.17, 15) is 0 Å². The first-order valence-corrected chi connectivity index (χ1v) is 5.22. The maximum Gasteiger partial charge on any atom is 0.0553 e. The van der Waals surface area contributed by atoms with Gasteiger partial charge in [0.05, 0.1) is 11.9 Å². The molecule has 0 bridgehead atoms. The first-order chi connectivity index (χ1) is 6.86. The second-order valence-corrected chi connectivity index (χ2v) is 3.97. The molecule has 1 saturated heterocycles. The van der Waals surface area contributed by atoms with Gasteiger partial charge in [-0.15, -0.1) is 0 Å². The molecule has 0 saturated carbocycles. The lowest BCUT2D eigenvalue weighted by molar-refractivity contribution is 0.564. The summed E-state index contributed by atoms with van der Waals surface area (Å²) in [5, 5.41) is 3.43. The number of hydrogen-bond donors (Lipinski definition) is 1. The van der Waals surface area contributed by atoms with E-state index in [2.05, 4.69) is 28.2 Å². The number of hydrogen-bond acceptors (Lipinski definition) is 3. The van der Waals surface area contributed by atoms with E-state index in [4.69, 9.17) is 0 Å². The average molecular weight is 191 g/mol. The molecule has 3 nitrogen and oxygen atoms in total. The SMILES string of the molecule is CC1CNCCN(c2cccnc2)C1. The van der Waals surface area contributed by atoms with Gasteiger partial charge in [-0.25, -0.2) is 0 Å². The monoisotopic (exact) mass is 191 g/mol. The van der Waals surface area contributed by atoms with Crippen molar-refractivity contribution in [2.45, 2.75) is 6.92 Å². The summed E-state index contributed by atoms with van der Waals surface area (Å²) in [5.74, 6) is 0.706. The van der Waals surface area contributed by atoms with Gasteiger partial charge >= 0.3 is 0 Å². The van der Waals surface area contributed by atoms with Crippen LogP contribution in [0.3, 0.4) is 0 Å². The second kappa shape index (κ2) is 4.42. The number of anilines is 1. The van der Waals surface area contributed by atoms with E-state index in [0.717, 1.165) is 26.2 Å². The number of aromatic nitrogens is 1. The van der Waals surface area contributed by atoms with E-state index in [-0.39, 0.29) is 0 Å². The molecule has 1 aliphatic heterocycles. The van der Waals surface area contributed by atoms with Gasteiger partial charge in [0, 0.05) is 25.8 Å². The molecule has 0 amide bonds. The largest absolute Gasteiger partial charge is 0.369 e. The molecule has 0 aromatic carbocycles. The van der Waals surface area contributed by atoms with Crippen molar-refractivity contribution >= 4 is 5.69 Å². The van der Waals surface area contributed by atoms with E-state index in [0.29, 0.717) is 5.92 Å². The molecule has 1 N–H and O–H groups in total. The van der Waals surface area contributed by atoms with Gasteiger partial charge in [-0.2, -0.15) is 0 Å². The lowest BCUT2D eigenvalue weighted by Crippen LogP contribution is -2.29. The lowest BCUT2D eigenvalue weighted by Gasteiger charge is -2.23. The van der Waals surface area contributed by atoms with Crippen molar-refractivity contribution in [3.05, 3.63) is 24.5 Å². The lowest BCUT2D eigenvalue weighted by atomic mass is 10.1. The predicted molar refractivity (Wildman–Crippen MR) is 58.5 cm³/mol. The Bertz CT molecular complexity index is 273. The normalized spacial score (nSPS) is 23.2. The molecular formula is C11H17N3. The summed E-state index contributed by atoms with van der Waals surface area (Å²) in [7, 11) is 0. The molecule has 1 aliphatic rings. The van der Waals surface area contributed by atoms with Crippen molar-refractivity contribution in [3.8, 4) is 0 Å². The molecule has 0 aliphatic carbocycles. The van der Waals surface area contributed by atoms with Gasteiger partial charge in [0.15, 0.2) is 0 Å². The van der Waals surface area contributed by atoms with Crippen LogP contribution in [0.4, 0.5) is 5.69 Å². The van der Waals surface area contributed by atoms with Crippen LogP contribution in [-0.2, 0) is 0 Å². The molecule has 76 valence electrons. The zero-order valence-electron chi connectivity index (χ0n) is 8.61. The van der Waals surface area contributed by atoms with Gasteiger partial charge in [-0.3, -0.25) is 4.98 Å². The third-order valence-corrected chi connectivity index (χ3v) is 2.59. The molecule has 1 atom stereocenters. The summed E-state index contributed by atoms with van der Waals surface area (Å²) in [6, 6.07) is 4.13. The van der Waals surface area contributed by atoms with E-state index in [1.165, 1.54) is 5.69 Å². The van der Waals surface area contributed by atoms with Gasteiger partial charge < -0.3 is 10.2 Å². The highest BCUT2D eigenvalue weighted by atomic mass is 15.2. The van der Waals surface area contributed by atoms with Crippen LogP contribution >= 0.6 is 0 Å². The van der Waals surface area contributed by atoms with Crippen LogP contribution in [0.15, 0.2) is 24.5 Å². The summed E-state index contributed by atoms with van der Waals surface area (Å²) >= 11 is 0. The van der Waals surface area contributed by atoms with Gasteiger partial charge in [0.1, 0.15) is 0 Å². The summed E-state index contributed by atoms with van der Waals surface area (Å²) in [5.41, 5.74) is 1.24. The Labute approximate surface area is 85.1 Å². The van der Waals surface area contributed by atoms with Crippen molar-refractivity contribution in [2.24, 2.45) is 5.92 Å². The van der Waals surface area contributed by atoms with Crippen molar-refractivity contribution in [2.75, 3.05) is 31.1 Å². The molecule has 1 fully saturated rings. The molecule has 0 spiro atoms. The van der Waals surface area contributed by atoms with Gasteiger partial charge in [-0.1, -0.05) is 6.92 Å². The van der Waals surface area contributed by atoms with Crippen molar-refractivity contribution < 1.29 is 0 Å². The Balaban J connectivity index is 2.09. The second-order valence-electron chi connectivity index (χ2n) is 3.97. The zero-order valence-corrected chi connectivity index (χ0v) is 8.61. The number of rotatable bonds is 1. The fraction of sp³-hybridized carbons (Fsp3) is 0.545. The zero-order chi connectivity index (χ0) is 9.80. The molecule has 1 aromatic rings. The number of nitrogens with zero attached hydrogens (tertiary/aromatic N) is 2. The Morgan fingerprint density at radius 3 is 3.29 bits per heavy atom. The third-order valence-electron chi connectivity index (χ3n) is 2.59. The number of nitrogens with one attached hydrogen (secondary N) is 1. The molecule has 3 heteroatoms. The standard InChI is InChI=1S/C11H17N3/c1-10-7-13-5-6-14(9-10)11-3-2-4-12-8-11/h2-4,8,10,13H,5-7,9H2,1H3. The minimum atomic E-state index is 0.706. The van der Waals surface area contributed by atoms with Crippen LogP contribution in [0.1, 0.15) is 6.92 Å². The van der Waals surface area contributed by atoms with Crippen LogP contribution in [0, 0.1) is 5.92 Å². The summed E-state index contributed by atoms with van der Waals surface area (Å²) in [4.78, 5) is 6.55. The fourth-order valence-electron chi connectivity index (χ4n) is 1.87.